The van der Waals surface area contributed by atoms with Crippen LogP contribution in [0.1, 0.15) is 20.3 Å². The fourth-order valence-corrected chi connectivity index (χ4v) is 1.69. The molecule has 0 aliphatic carbocycles. The lowest BCUT2D eigenvalue weighted by Crippen LogP contribution is -2.44. The van der Waals surface area contributed by atoms with Gasteiger partial charge in [0.2, 0.25) is 5.91 Å². The van der Waals surface area contributed by atoms with E-state index in [0.717, 1.165) is 12.2 Å². The van der Waals surface area contributed by atoms with Gasteiger partial charge in [-0.15, -0.1) is 0 Å². The van der Waals surface area contributed by atoms with Gasteiger partial charge >= 0.3 is 0 Å². The first-order valence-electron chi connectivity index (χ1n) is 4.58. The number of hydrogen-bond donors (Lipinski definition) is 2. The summed E-state index contributed by atoms with van der Waals surface area (Å²) in [5.41, 5.74) is 0. The first-order valence-corrected chi connectivity index (χ1v) is 5.97. The van der Waals surface area contributed by atoms with Crippen molar-refractivity contribution >= 4 is 17.7 Å². The van der Waals surface area contributed by atoms with Gasteiger partial charge in [0.25, 0.3) is 0 Å². The molecule has 0 aromatic carbocycles. The molecular weight excluding hydrogens is 184 g/mol. The number of carbonyl (C=O) groups excluding carboxylic acids is 1. The third kappa shape index (κ3) is 5.93. The number of nitrogens with one attached hydrogen (secondary N) is 2. The van der Waals surface area contributed by atoms with Crippen LogP contribution in [-0.4, -0.2) is 37.0 Å². The van der Waals surface area contributed by atoms with Crippen LogP contribution in [0.5, 0.6) is 0 Å². The van der Waals surface area contributed by atoms with Crippen molar-refractivity contribution in [1.29, 1.82) is 0 Å². The van der Waals surface area contributed by atoms with Crippen LogP contribution in [-0.2, 0) is 4.79 Å². The third-order valence-corrected chi connectivity index (χ3v) is 2.57. The van der Waals surface area contributed by atoms with Gasteiger partial charge in [0.05, 0.1) is 6.04 Å². The molecule has 3 nitrogen and oxygen atoms in total. The summed E-state index contributed by atoms with van der Waals surface area (Å²) in [4.78, 5) is 11.1. The number of carbonyl (C=O) groups is 1. The zero-order chi connectivity index (χ0) is 10.3. The van der Waals surface area contributed by atoms with Gasteiger partial charge in [-0.1, -0.05) is 0 Å². The maximum Gasteiger partial charge on any atom is 0.236 e. The van der Waals surface area contributed by atoms with Crippen molar-refractivity contribution in [1.82, 2.24) is 10.6 Å². The fraction of sp³-hybridized carbons (Fsp3) is 0.889. The Morgan fingerprint density at radius 3 is 2.54 bits per heavy atom. The van der Waals surface area contributed by atoms with Crippen LogP contribution < -0.4 is 10.6 Å². The van der Waals surface area contributed by atoms with E-state index in [2.05, 4.69) is 23.8 Å². The first-order chi connectivity index (χ1) is 6.11. The summed E-state index contributed by atoms with van der Waals surface area (Å²) >= 11 is 1.83. The Balaban J connectivity index is 3.64. The van der Waals surface area contributed by atoms with E-state index >= 15 is 0 Å². The number of thioether (sulfide) groups is 1. The molecule has 2 N–H and O–H groups in total. The van der Waals surface area contributed by atoms with Gasteiger partial charge in [0.1, 0.15) is 0 Å². The maximum absolute atomic E-state index is 11.1. The van der Waals surface area contributed by atoms with Crippen molar-refractivity contribution in [2.24, 2.45) is 0 Å². The Morgan fingerprint density at radius 2 is 2.08 bits per heavy atom. The van der Waals surface area contributed by atoms with E-state index in [-0.39, 0.29) is 11.9 Å². The number of rotatable bonds is 6. The summed E-state index contributed by atoms with van der Waals surface area (Å²) in [6.07, 6.45) is 3.19. The summed E-state index contributed by atoms with van der Waals surface area (Å²) in [5.74, 6) is 1.19. The normalized spacial score (nSPS) is 15.1. The molecule has 0 fully saturated rings. The van der Waals surface area contributed by atoms with Crippen molar-refractivity contribution in [2.45, 2.75) is 32.4 Å². The van der Waals surface area contributed by atoms with Crippen molar-refractivity contribution in [3.8, 4) is 0 Å². The minimum absolute atomic E-state index is 0.0519. The Labute approximate surface area is 85.0 Å². The van der Waals surface area contributed by atoms with Crippen LogP contribution in [0.15, 0.2) is 0 Å². The van der Waals surface area contributed by atoms with E-state index in [4.69, 9.17) is 0 Å². The van der Waals surface area contributed by atoms with Gasteiger partial charge in [-0.2, -0.15) is 11.8 Å². The molecular formula is C9H20N2OS. The molecule has 1 amide bonds. The predicted octanol–water partition coefficient (Wildman–Crippen LogP) is 0.852. The SMILES string of the molecule is CNC(=O)C(C)NC(C)CCSC. The van der Waals surface area contributed by atoms with Crippen molar-refractivity contribution in [3.05, 3.63) is 0 Å². The molecule has 0 aliphatic heterocycles. The number of likely N-dealkylation sites (N-methyl/N-ethyl adjacent to an activating group) is 1. The van der Waals surface area contributed by atoms with Crippen LogP contribution in [0, 0.1) is 0 Å². The van der Waals surface area contributed by atoms with E-state index < -0.39 is 0 Å². The molecule has 78 valence electrons. The molecule has 0 heterocycles. The average Bonchev–Trinajstić information content (AvgIpc) is 2.13. The monoisotopic (exact) mass is 204 g/mol. The van der Waals surface area contributed by atoms with Crippen molar-refractivity contribution in [2.75, 3.05) is 19.1 Å². The molecule has 0 radical (unpaired) electrons. The first kappa shape index (κ1) is 12.8. The molecule has 0 aromatic rings. The molecule has 0 aromatic heterocycles. The molecule has 13 heavy (non-hydrogen) atoms. The summed E-state index contributed by atoms with van der Waals surface area (Å²) in [6, 6.07) is 0.307. The van der Waals surface area contributed by atoms with Crippen molar-refractivity contribution < 1.29 is 4.79 Å². The van der Waals surface area contributed by atoms with Crippen LogP contribution in [0.25, 0.3) is 0 Å². The standard InChI is InChI=1S/C9H20N2OS/c1-7(5-6-13-4)11-8(2)9(12)10-3/h7-8,11H,5-6H2,1-4H3,(H,10,12). The molecule has 0 saturated heterocycles. The van der Waals surface area contributed by atoms with Crippen LogP contribution >= 0.6 is 11.8 Å². The van der Waals surface area contributed by atoms with Gasteiger partial charge in [-0.05, 0) is 32.3 Å². The lowest BCUT2D eigenvalue weighted by Gasteiger charge is -2.18. The smallest absolute Gasteiger partial charge is 0.236 e. The van der Waals surface area contributed by atoms with Gasteiger partial charge < -0.3 is 10.6 Å². The van der Waals surface area contributed by atoms with Crippen molar-refractivity contribution in [3.63, 3.8) is 0 Å². The topological polar surface area (TPSA) is 41.1 Å². The maximum atomic E-state index is 11.1. The number of hydrogen-bond acceptors (Lipinski definition) is 3. The Kier molecular flexibility index (Phi) is 7.09. The Hall–Kier alpha value is -0.220. The molecule has 4 heteroatoms. The Bertz CT molecular complexity index is 153. The molecule has 0 rings (SSSR count). The lowest BCUT2D eigenvalue weighted by atomic mass is 10.2. The highest BCUT2D eigenvalue weighted by Gasteiger charge is 2.12. The van der Waals surface area contributed by atoms with Crippen LogP contribution in [0.4, 0.5) is 0 Å². The molecule has 2 atom stereocenters. The average molecular weight is 204 g/mol. The minimum atomic E-state index is -0.0955. The highest BCUT2D eigenvalue weighted by molar-refractivity contribution is 7.98. The van der Waals surface area contributed by atoms with Gasteiger partial charge in [-0.3, -0.25) is 4.79 Å². The van der Waals surface area contributed by atoms with E-state index in [1.165, 1.54) is 0 Å². The van der Waals surface area contributed by atoms with E-state index in [9.17, 15) is 4.79 Å². The van der Waals surface area contributed by atoms with Crippen LogP contribution in [0.3, 0.4) is 0 Å². The zero-order valence-electron chi connectivity index (χ0n) is 8.89. The third-order valence-electron chi connectivity index (χ3n) is 1.93. The van der Waals surface area contributed by atoms with Gasteiger partial charge in [0, 0.05) is 13.1 Å². The van der Waals surface area contributed by atoms with E-state index in [1.54, 1.807) is 7.05 Å². The molecule has 0 bridgehead atoms. The molecule has 0 saturated carbocycles. The predicted molar refractivity (Wildman–Crippen MR) is 59.1 cm³/mol. The highest BCUT2D eigenvalue weighted by atomic mass is 32.2. The largest absolute Gasteiger partial charge is 0.358 e. The second-order valence-corrected chi connectivity index (χ2v) is 4.17. The molecule has 2 unspecified atom stereocenters. The van der Waals surface area contributed by atoms with Gasteiger partial charge in [0.15, 0.2) is 0 Å². The summed E-state index contributed by atoms with van der Waals surface area (Å²) in [5, 5.41) is 5.86. The second-order valence-electron chi connectivity index (χ2n) is 3.19. The summed E-state index contributed by atoms with van der Waals surface area (Å²) in [6.45, 7) is 3.99. The quantitative estimate of drug-likeness (QED) is 0.674. The molecule has 0 spiro atoms. The summed E-state index contributed by atoms with van der Waals surface area (Å²) in [7, 11) is 1.66. The van der Waals surface area contributed by atoms with E-state index in [1.807, 2.05) is 18.7 Å². The lowest BCUT2D eigenvalue weighted by molar-refractivity contribution is -0.122. The number of amides is 1. The highest BCUT2D eigenvalue weighted by Crippen LogP contribution is 2.00. The molecule has 0 aliphatic rings. The van der Waals surface area contributed by atoms with Gasteiger partial charge in [-0.25, -0.2) is 0 Å². The van der Waals surface area contributed by atoms with Crippen LogP contribution in [0.2, 0.25) is 0 Å². The zero-order valence-corrected chi connectivity index (χ0v) is 9.70. The Morgan fingerprint density at radius 1 is 1.46 bits per heavy atom. The van der Waals surface area contributed by atoms with E-state index in [0.29, 0.717) is 6.04 Å². The fourth-order valence-electron chi connectivity index (χ4n) is 1.10. The minimum Gasteiger partial charge on any atom is -0.358 e. The summed E-state index contributed by atoms with van der Waals surface area (Å²) < 4.78 is 0. The second kappa shape index (κ2) is 7.21.